The van der Waals surface area contributed by atoms with Gasteiger partial charge in [-0.2, -0.15) is 0 Å². The van der Waals surface area contributed by atoms with Gasteiger partial charge in [-0.15, -0.1) is 0 Å². The monoisotopic (exact) mass is 301 g/mol. The van der Waals surface area contributed by atoms with Crippen molar-refractivity contribution in [3.05, 3.63) is 22.2 Å². The number of carbonyl (C=O) groups excluding carboxylic acids is 2. The topological polar surface area (TPSA) is 64.6 Å². The van der Waals surface area contributed by atoms with Gasteiger partial charge in [0.15, 0.2) is 24.4 Å². The van der Waals surface area contributed by atoms with E-state index in [0.717, 1.165) is 0 Å². The molecule has 1 aromatic carbocycles. The fourth-order valence-electron chi connectivity index (χ4n) is 1.13. The molecule has 0 saturated heterocycles. The number of benzene rings is 1. The number of amides is 1. The fourth-order valence-corrected chi connectivity index (χ4v) is 1.54. The molecule has 17 heavy (non-hydrogen) atoms. The third-order valence-corrected chi connectivity index (χ3v) is 2.73. The Balaban J connectivity index is 2.96. The van der Waals surface area contributed by atoms with Gasteiger partial charge in [0.2, 0.25) is 0 Å². The first kappa shape index (κ1) is 13.5. The predicted molar refractivity (Wildman–Crippen MR) is 65.6 cm³/mol. The van der Waals surface area contributed by atoms with Crippen LogP contribution in [0, 0.1) is 0 Å². The van der Waals surface area contributed by atoms with Gasteiger partial charge in [-0.1, -0.05) is 0 Å². The van der Waals surface area contributed by atoms with E-state index in [4.69, 9.17) is 9.47 Å². The lowest BCUT2D eigenvalue weighted by Gasteiger charge is -2.11. The number of aldehydes is 1. The molecule has 0 aromatic heterocycles. The second-order valence-corrected chi connectivity index (χ2v) is 3.96. The Morgan fingerprint density at radius 1 is 1.47 bits per heavy atom. The highest BCUT2D eigenvalue weighted by Crippen LogP contribution is 2.32. The van der Waals surface area contributed by atoms with Crippen LogP contribution in [0.15, 0.2) is 16.6 Å². The number of hydrogen-bond donors (Lipinski definition) is 1. The first-order valence-corrected chi connectivity index (χ1v) is 5.57. The molecule has 0 fully saturated rings. The Morgan fingerprint density at radius 2 is 2.18 bits per heavy atom. The summed E-state index contributed by atoms with van der Waals surface area (Å²) in [6, 6.07) is 3.13. The fraction of sp³-hybridized carbons (Fsp3) is 0.273. The van der Waals surface area contributed by atoms with Gasteiger partial charge < -0.3 is 14.8 Å². The van der Waals surface area contributed by atoms with E-state index in [-0.39, 0.29) is 12.5 Å². The maximum absolute atomic E-state index is 11.1. The summed E-state index contributed by atoms with van der Waals surface area (Å²) in [4.78, 5) is 21.8. The number of hydrogen-bond acceptors (Lipinski definition) is 4. The molecule has 0 radical (unpaired) electrons. The minimum atomic E-state index is -0.261. The standard InChI is InChI=1S/C11H12BrNO4/c1-13-11(15)6-17-10-3-7(5-14)8(12)4-9(10)16-2/h3-5H,6H2,1-2H3,(H,13,15). The molecule has 0 saturated carbocycles. The molecule has 0 spiro atoms. The lowest BCUT2D eigenvalue weighted by atomic mass is 10.2. The first-order chi connectivity index (χ1) is 8.12. The van der Waals surface area contributed by atoms with E-state index in [2.05, 4.69) is 21.2 Å². The average molecular weight is 302 g/mol. The van der Waals surface area contributed by atoms with Crippen LogP contribution in [0.3, 0.4) is 0 Å². The number of carbonyl (C=O) groups is 2. The maximum atomic E-state index is 11.1. The Labute approximate surface area is 107 Å². The molecule has 92 valence electrons. The van der Waals surface area contributed by atoms with Crippen LogP contribution in [0.5, 0.6) is 11.5 Å². The van der Waals surface area contributed by atoms with Crippen molar-refractivity contribution in [2.45, 2.75) is 0 Å². The van der Waals surface area contributed by atoms with Crippen LogP contribution < -0.4 is 14.8 Å². The molecular formula is C11H12BrNO4. The van der Waals surface area contributed by atoms with Crippen LogP contribution in [0.4, 0.5) is 0 Å². The first-order valence-electron chi connectivity index (χ1n) is 4.78. The molecule has 0 aliphatic carbocycles. The summed E-state index contributed by atoms with van der Waals surface area (Å²) in [7, 11) is 3.00. The molecule has 1 N–H and O–H groups in total. The Hall–Kier alpha value is -1.56. The third-order valence-electron chi connectivity index (χ3n) is 2.05. The molecule has 0 unspecified atom stereocenters. The van der Waals surface area contributed by atoms with E-state index in [1.807, 2.05) is 0 Å². The predicted octanol–water partition coefficient (Wildman–Crippen LogP) is 1.39. The van der Waals surface area contributed by atoms with Crippen LogP contribution in [0.2, 0.25) is 0 Å². The van der Waals surface area contributed by atoms with Crippen molar-refractivity contribution in [1.82, 2.24) is 5.32 Å². The number of ether oxygens (including phenoxy) is 2. The summed E-state index contributed by atoms with van der Waals surface area (Å²) in [5.41, 5.74) is 0.428. The van der Waals surface area contributed by atoms with Crippen LogP contribution in [0.25, 0.3) is 0 Å². The minimum absolute atomic E-state index is 0.132. The van der Waals surface area contributed by atoms with Gasteiger partial charge in [-0.3, -0.25) is 9.59 Å². The molecule has 0 heterocycles. The van der Waals surface area contributed by atoms with Crippen molar-refractivity contribution >= 4 is 28.1 Å². The molecule has 0 aliphatic heterocycles. The number of rotatable bonds is 5. The highest BCUT2D eigenvalue weighted by molar-refractivity contribution is 9.10. The van der Waals surface area contributed by atoms with Gasteiger partial charge in [0.25, 0.3) is 5.91 Å². The molecule has 6 heteroatoms. The Morgan fingerprint density at radius 3 is 2.71 bits per heavy atom. The summed E-state index contributed by atoms with van der Waals surface area (Å²) in [5.74, 6) is 0.537. The van der Waals surface area contributed by atoms with Gasteiger partial charge in [0, 0.05) is 17.1 Å². The normalized spacial score (nSPS) is 9.59. The van der Waals surface area contributed by atoms with Crippen molar-refractivity contribution in [1.29, 1.82) is 0 Å². The lowest BCUT2D eigenvalue weighted by molar-refractivity contribution is -0.122. The molecule has 1 amide bonds. The second kappa shape index (κ2) is 6.24. The van der Waals surface area contributed by atoms with Gasteiger partial charge in [-0.05, 0) is 28.1 Å². The van der Waals surface area contributed by atoms with Gasteiger partial charge in [0.1, 0.15) is 0 Å². The summed E-state index contributed by atoms with van der Waals surface area (Å²) in [6.45, 7) is -0.132. The van der Waals surface area contributed by atoms with Gasteiger partial charge in [0.05, 0.1) is 7.11 Å². The van der Waals surface area contributed by atoms with Crippen molar-refractivity contribution in [3.8, 4) is 11.5 Å². The lowest BCUT2D eigenvalue weighted by Crippen LogP contribution is -2.25. The van der Waals surface area contributed by atoms with Crippen LogP contribution >= 0.6 is 15.9 Å². The quantitative estimate of drug-likeness (QED) is 0.835. The van der Waals surface area contributed by atoms with Crippen LogP contribution in [0.1, 0.15) is 10.4 Å². The van der Waals surface area contributed by atoms with Crippen molar-refractivity contribution in [2.75, 3.05) is 20.8 Å². The van der Waals surface area contributed by atoms with Crippen LogP contribution in [-0.4, -0.2) is 33.0 Å². The second-order valence-electron chi connectivity index (χ2n) is 3.10. The maximum Gasteiger partial charge on any atom is 0.257 e. The molecule has 1 aromatic rings. The van der Waals surface area contributed by atoms with E-state index < -0.39 is 0 Å². The highest BCUT2D eigenvalue weighted by atomic mass is 79.9. The van der Waals surface area contributed by atoms with E-state index in [1.54, 1.807) is 6.07 Å². The highest BCUT2D eigenvalue weighted by Gasteiger charge is 2.11. The number of nitrogens with one attached hydrogen (secondary N) is 1. The summed E-state index contributed by atoms with van der Waals surface area (Å²) < 4.78 is 11.0. The van der Waals surface area contributed by atoms with Crippen molar-refractivity contribution < 1.29 is 19.1 Å². The summed E-state index contributed by atoms with van der Waals surface area (Å²) in [6.07, 6.45) is 0.691. The van der Waals surface area contributed by atoms with Crippen molar-refractivity contribution in [3.63, 3.8) is 0 Å². The summed E-state index contributed by atoms with van der Waals surface area (Å²) in [5, 5.41) is 2.43. The average Bonchev–Trinajstić information content (AvgIpc) is 2.36. The summed E-state index contributed by atoms with van der Waals surface area (Å²) >= 11 is 3.23. The van der Waals surface area contributed by atoms with Crippen molar-refractivity contribution in [2.24, 2.45) is 0 Å². The number of likely N-dealkylation sites (N-methyl/N-ethyl adjacent to an activating group) is 1. The van der Waals surface area contributed by atoms with Gasteiger partial charge >= 0.3 is 0 Å². The smallest absolute Gasteiger partial charge is 0.257 e. The van der Waals surface area contributed by atoms with E-state index in [1.165, 1.54) is 20.2 Å². The van der Waals surface area contributed by atoms with Crippen LogP contribution in [-0.2, 0) is 4.79 Å². The molecular weight excluding hydrogens is 290 g/mol. The van der Waals surface area contributed by atoms with E-state index in [0.29, 0.717) is 27.8 Å². The molecule has 0 aliphatic rings. The third kappa shape index (κ3) is 3.45. The Bertz CT molecular complexity index is 434. The molecule has 0 atom stereocenters. The zero-order valence-corrected chi connectivity index (χ0v) is 11.0. The number of methoxy groups -OCH3 is 1. The minimum Gasteiger partial charge on any atom is -0.493 e. The molecule has 5 nitrogen and oxygen atoms in total. The Kier molecular flexibility index (Phi) is 4.96. The molecule has 0 bridgehead atoms. The van der Waals surface area contributed by atoms with E-state index in [9.17, 15) is 9.59 Å². The molecule has 1 rings (SSSR count). The number of halogens is 1. The SMILES string of the molecule is CNC(=O)COc1cc(C=O)c(Br)cc1OC. The zero-order chi connectivity index (χ0) is 12.8. The largest absolute Gasteiger partial charge is 0.493 e. The van der Waals surface area contributed by atoms with E-state index >= 15 is 0 Å². The van der Waals surface area contributed by atoms with Gasteiger partial charge in [-0.25, -0.2) is 0 Å². The zero-order valence-electron chi connectivity index (χ0n) is 9.45.